The SMILES string of the molecule is Nc1c(F)cccc1NCCCO. The van der Waals surface area contributed by atoms with Crippen LogP contribution in [0.15, 0.2) is 18.2 Å². The molecule has 4 heteroatoms. The molecule has 13 heavy (non-hydrogen) atoms. The summed E-state index contributed by atoms with van der Waals surface area (Å²) in [6, 6.07) is 4.61. The Balaban J connectivity index is 2.61. The molecule has 0 heterocycles. The zero-order valence-electron chi connectivity index (χ0n) is 7.26. The van der Waals surface area contributed by atoms with Gasteiger partial charge in [-0.15, -0.1) is 0 Å². The summed E-state index contributed by atoms with van der Waals surface area (Å²) < 4.78 is 12.9. The molecule has 0 fully saturated rings. The Labute approximate surface area is 76.4 Å². The van der Waals surface area contributed by atoms with Gasteiger partial charge < -0.3 is 16.2 Å². The molecule has 1 aromatic carbocycles. The average molecular weight is 184 g/mol. The fourth-order valence-electron chi connectivity index (χ4n) is 0.993. The Morgan fingerprint density at radius 3 is 2.92 bits per heavy atom. The highest BCUT2D eigenvalue weighted by atomic mass is 19.1. The van der Waals surface area contributed by atoms with Crippen LogP contribution in [0, 0.1) is 5.82 Å². The summed E-state index contributed by atoms with van der Waals surface area (Å²) in [4.78, 5) is 0. The third kappa shape index (κ3) is 2.59. The largest absolute Gasteiger partial charge is 0.396 e. The number of nitrogens with two attached hydrogens (primary N) is 1. The third-order valence-electron chi connectivity index (χ3n) is 1.70. The highest BCUT2D eigenvalue weighted by molar-refractivity contribution is 5.66. The molecule has 0 aromatic heterocycles. The molecule has 0 aliphatic carbocycles. The van der Waals surface area contributed by atoms with Gasteiger partial charge in [-0.25, -0.2) is 4.39 Å². The van der Waals surface area contributed by atoms with Crippen LogP contribution in [-0.2, 0) is 0 Å². The van der Waals surface area contributed by atoms with Crippen molar-refractivity contribution in [2.45, 2.75) is 6.42 Å². The molecular formula is C9H13FN2O. The number of nitrogen functional groups attached to an aromatic ring is 1. The Morgan fingerprint density at radius 2 is 2.23 bits per heavy atom. The predicted octanol–water partition coefficient (Wildman–Crippen LogP) is 1.20. The quantitative estimate of drug-likeness (QED) is 0.487. The second-order valence-corrected chi connectivity index (χ2v) is 2.71. The molecular weight excluding hydrogens is 171 g/mol. The van der Waals surface area contributed by atoms with Crippen LogP contribution in [0.5, 0.6) is 0 Å². The number of aliphatic hydroxyl groups excluding tert-OH is 1. The molecule has 0 saturated carbocycles. The molecule has 4 N–H and O–H groups in total. The lowest BCUT2D eigenvalue weighted by Crippen LogP contribution is -2.06. The van der Waals surface area contributed by atoms with Crippen LogP contribution in [0.25, 0.3) is 0 Å². The number of nitrogens with one attached hydrogen (secondary N) is 1. The summed E-state index contributed by atoms with van der Waals surface area (Å²) in [7, 11) is 0. The minimum atomic E-state index is -0.422. The van der Waals surface area contributed by atoms with Crippen molar-refractivity contribution in [3.8, 4) is 0 Å². The van der Waals surface area contributed by atoms with Gasteiger partial charge in [-0.3, -0.25) is 0 Å². The van der Waals surface area contributed by atoms with E-state index in [4.69, 9.17) is 10.8 Å². The van der Waals surface area contributed by atoms with Crippen LogP contribution >= 0.6 is 0 Å². The molecule has 0 bridgehead atoms. The highest BCUT2D eigenvalue weighted by Crippen LogP contribution is 2.20. The first-order chi connectivity index (χ1) is 6.25. The summed E-state index contributed by atoms with van der Waals surface area (Å²) in [6.45, 7) is 0.701. The van der Waals surface area contributed by atoms with Gasteiger partial charge in [-0.05, 0) is 18.6 Å². The molecule has 0 saturated heterocycles. The molecule has 0 aliphatic heterocycles. The van der Waals surface area contributed by atoms with Crippen molar-refractivity contribution in [3.63, 3.8) is 0 Å². The van der Waals surface area contributed by atoms with Gasteiger partial charge in [0.2, 0.25) is 0 Å². The van der Waals surface area contributed by atoms with Crippen molar-refractivity contribution < 1.29 is 9.50 Å². The number of aliphatic hydroxyl groups is 1. The Kier molecular flexibility index (Phi) is 3.52. The van der Waals surface area contributed by atoms with Crippen LogP contribution in [0.2, 0.25) is 0 Å². The lowest BCUT2D eigenvalue weighted by atomic mass is 10.2. The van der Waals surface area contributed by atoms with Crippen LogP contribution in [0.4, 0.5) is 15.8 Å². The highest BCUT2D eigenvalue weighted by Gasteiger charge is 2.02. The summed E-state index contributed by atoms with van der Waals surface area (Å²) in [5.74, 6) is -0.422. The molecule has 0 aliphatic rings. The van der Waals surface area contributed by atoms with E-state index in [9.17, 15) is 4.39 Å². The van der Waals surface area contributed by atoms with Crippen LogP contribution in [0.1, 0.15) is 6.42 Å². The van der Waals surface area contributed by atoms with E-state index in [1.165, 1.54) is 6.07 Å². The summed E-state index contributed by atoms with van der Waals surface area (Å²) >= 11 is 0. The molecule has 3 nitrogen and oxygen atoms in total. The molecule has 0 radical (unpaired) electrons. The number of hydrogen-bond donors (Lipinski definition) is 3. The first-order valence-electron chi connectivity index (χ1n) is 4.14. The lowest BCUT2D eigenvalue weighted by Gasteiger charge is -2.08. The molecule has 1 aromatic rings. The monoisotopic (exact) mass is 184 g/mol. The average Bonchev–Trinajstić information content (AvgIpc) is 2.13. The summed E-state index contributed by atoms with van der Waals surface area (Å²) in [5, 5.41) is 11.5. The van der Waals surface area contributed by atoms with Gasteiger partial charge in [0.15, 0.2) is 0 Å². The number of anilines is 2. The Bertz CT molecular complexity index is 278. The standard InChI is InChI=1S/C9H13FN2O/c10-7-3-1-4-8(9(7)11)12-5-2-6-13/h1,3-4,12-13H,2,5-6,11H2. The van der Waals surface area contributed by atoms with Gasteiger partial charge in [0.05, 0.1) is 11.4 Å². The first kappa shape index (κ1) is 9.80. The minimum absolute atomic E-state index is 0.113. The smallest absolute Gasteiger partial charge is 0.148 e. The molecule has 0 atom stereocenters. The maximum atomic E-state index is 12.9. The van der Waals surface area contributed by atoms with Crippen molar-refractivity contribution in [2.24, 2.45) is 0 Å². The number of halogens is 1. The fourth-order valence-corrected chi connectivity index (χ4v) is 0.993. The molecule has 0 unspecified atom stereocenters. The van der Waals surface area contributed by atoms with Crippen molar-refractivity contribution >= 4 is 11.4 Å². The Morgan fingerprint density at radius 1 is 1.46 bits per heavy atom. The normalized spacial score (nSPS) is 10.0. The second-order valence-electron chi connectivity index (χ2n) is 2.71. The Hall–Kier alpha value is -1.29. The maximum absolute atomic E-state index is 12.9. The maximum Gasteiger partial charge on any atom is 0.148 e. The van der Waals surface area contributed by atoms with Gasteiger partial charge in [-0.2, -0.15) is 0 Å². The number of hydrogen-bond acceptors (Lipinski definition) is 3. The van der Waals surface area contributed by atoms with Crippen LogP contribution < -0.4 is 11.1 Å². The predicted molar refractivity (Wildman–Crippen MR) is 51.0 cm³/mol. The summed E-state index contributed by atoms with van der Waals surface area (Å²) in [6.07, 6.45) is 0.621. The number of rotatable bonds is 4. The van der Waals surface area contributed by atoms with Crippen molar-refractivity contribution in [3.05, 3.63) is 24.0 Å². The zero-order chi connectivity index (χ0) is 9.68. The van der Waals surface area contributed by atoms with E-state index in [1.54, 1.807) is 12.1 Å². The van der Waals surface area contributed by atoms with E-state index in [1.807, 2.05) is 0 Å². The van der Waals surface area contributed by atoms with Gasteiger partial charge in [0.1, 0.15) is 5.82 Å². The number of para-hydroxylation sites is 1. The van der Waals surface area contributed by atoms with Gasteiger partial charge >= 0.3 is 0 Å². The first-order valence-corrected chi connectivity index (χ1v) is 4.14. The van der Waals surface area contributed by atoms with Crippen molar-refractivity contribution in [1.29, 1.82) is 0 Å². The van der Waals surface area contributed by atoms with Gasteiger partial charge in [0, 0.05) is 13.2 Å². The fraction of sp³-hybridized carbons (Fsp3) is 0.333. The van der Waals surface area contributed by atoms with Gasteiger partial charge in [-0.1, -0.05) is 6.07 Å². The second kappa shape index (κ2) is 4.67. The molecule has 1 rings (SSSR count). The van der Waals surface area contributed by atoms with E-state index < -0.39 is 5.82 Å². The molecule has 0 spiro atoms. The lowest BCUT2D eigenvalue weighted by molar-refractivity contribution is 0.292. The van der Waals surface area contributed by atoms with Gasteiger partial charge in [0.25, 0.3) is 0 Å². The number of benzene rings is 1. The third-order valence-corrected chi connectivity index (χ3v) is 1.70. The minimum Gasteiger partial charge on any atom is -0.396 e. The molecule has 72 valence electrons. The van der Waals surface area contributed by atoms with Crippen LogP contribution in [-0.4, -0.2) is 18.3 Å². The van der Waals surface area contributed by atoms with E-state index in [2.05, 4.69) is 5.32 Å². The van der Waals surface area contributed by atoms with E-state index >= 15 is 0 Å². The van der Waals surface area contributed by atoms with Crippen molar-refractivity contribution in [1.82, 2.24) is 0 Å². The molecule has 0 amide bonds. The van der Waals surface area contributed by atoms with Crippen LogP contribution in [0.3, 0.4) is 0 Å². The van der Waals surface area contributed by atoms with Crippen molar-refractivity contribution in [2.75, 3.05) is 24.2 Å². The summed E-state index contributed by atoms with van der Waals surface area (Å²) in [5.41, 5.74) is 6.17. The zero-order valence-corrected chi connectivity index (χ0v) is 7.26. The topological polar surface area (TPSA) is 58.3 Å². The van der Waals surface area contributed by atoms with E-state index in [0.29, 0.717) is 18.7 Å². The van der Waals surface area contributed by atoms with E-state index in [0.717, 1.165) is 0 Å². The van der Waals surface area contributed by atoms with E-state index in [-0.39, 0.29) is 12.3 Å².